The van der Waals surface area contributed by atoms with Crippen LogP contribution in [0.4, 0.5) is 0 Å². The van der Waals surface area contributed by atoms with Gasteiger partial charge in [-0.25, -0.2) is 0 Å². The molecule has 0 heteroatoms. The molecule has 12 aliphatic rings. The molecule has 20 atom stereocenters. The van der Waals surface area contributed by atoms with Gasteiger partial charge < -0.3 is 0 Å². The molecular weight excluding hydrogens is 745 g/mol. The van der Waals surface area contributed by atoms with Crippen LogP contribution in [0.3, 0.4) is 0 Å². The maximum absolute atomic E-state index is 1.73. The molecule has 0 aromatic rings. The average Bonchev–Trinajstić information content (AvgIpc) is 3.76. The summed E-state index contributed by atoms with van der Waals surface area (Å²) in [6.45, 7) is 0. The van der Waals surface area contributed by atoms with Gasteiger partial charge in [0.25, 0.3) is 0 Å². The van der Waals surface area contributed by atoms with Crippen LogP contribution in [0.25, 0.3) is 0 Å². The second-order valence-corrected chi connectivity index (χ2v) is 27.4. The van der Waals surface area contributed by atoms with Gasteiger partial charge >= 0.3 is 0 Å². The van der Waals surface area contributed by atoms with Gasteiger partial charge in [0.1, 0.15) is 0 Å². The van der Waals surface area contributed by atoms with Crippen LogP contribution in [0.1, 0.15) is 257 Å². The van der Waals surface area contributed by atoms with Crippen molar-refractivity contribution in [3.8, 4) is 0 Å². The van der Waals surface area contributed by atoms with E-state index in [1.807, 2.05) is 0 Å². The Hall–Kier alpha value is 0. The Morgan fingerprint density at radius 1 is 0.129 bits per heavy atom. The Morgan fingerprint density at radius 2 is 0.387 bits per heavy atom. The van der Waals surface area contributed by atoms with E-state index in [1.165, 1.54) is 0 Å². The van der Waals surface area contributed by atoms with Gasteiger partial charge in [0.15, 0.2) is 0 Å². The van der Waals surface area contributed by atoms with E-state index in [0.717, 1.165) is 130 Å². The van der Waals surface area contributed by atoms with Crippen molar-refractivity contribution in [2.24, 2.45) is 130 Å². The molecular formula is C62H102. The maximum atomic E-state index is 1.73. The van der Waals surface area contributed by atoms with Crippen LogP contribution in [0.2, 0.25) is 0 Å². The van der Waals surface area contributed by atoms with Crippen molar-refractivity contribution in [1.82, 2.24) is 0 Å². The van der Waals surface area contributed by atoms with Crippen LogP contribution in [-0.2, 0) is 0 Å². The molecule has 0 heterocycles. The SMILES string of the molecule is C1CCCC(C2[C@H]3CCCCC3[C@@H](C3CCC[C@H]4CCCCCC34)C3CC([C@H]4CC[C@@H]5C(C4)C([C@H]4CCCC6CCCCC64)[C@@H]4CCCCC4[C@@H]5C4CCCCC4)CC[C@@H]23)CC1. The smallest absolute Gasteiger partial charge is 0.0321 e. The summed E-state index contributed by atoms with van der Waals surface area (Å²) >= 11 is 0. The third-order valence-electron chi connectivity index (χ3n) is 25.5. The third-order valence-corrected chi connectivity index (χ3v) is 25.5. The maximum Gasteiger partial charge on any atom is -0.0321 e. The highest BCUT2D eigenvalue weighted by atomic mass is 14.7. The lowest BCUT2D eigenvalue weighted by Gasteiger charge is -2.64. The average molecular weight is 847 g/mol. The zero-order valence-corrected chi connectivity index (χ0v) is 41.0. The first-order valence-corrected chi connectivity index (χ1v) is 30.8. The number of rotatable bonds is 5. The molecule has 11 unspecified atom stereocenters. The second-order valence-electron chi connectivity index (χ2n) is 27.4. The van der Waals surface area contributed by atoms with Crippen molar-refractivity contribution in [3.63, 3.8) is 0 Å². The summed E-state index contributed by atoms with van der Waals surface area (Å²) in [6.07, 6.45) is 64.7. The molecule has 0 N–H and O–H groups in total. The largest absolute Gasteiger partial charge is 0.0533 e. The summed E-state index contributed by atoms with van der Waals surface area (Å²) in [4.78, 5) is 0. The predicted octanol–water partition coefficient (Wildman–Crippen LogP) is 18.3. The molecule has 12 rings (SSSR count). The number of fused-ring (bicyclic) bond motifs is 6. The monoisotopic (exact) mass is 847 g/mol. The van der Waals surface area contributed by atoms with E-state index in [0.29, 0.717) is 0 Å². The fourth-order valence-electron chi connectivity index (χ4n) is 23.8. The van der Waals surface area contributed by atoms with Crippen LogP contribution in [-0.4, -0.2) is 0 Å². The van der Waals surface area contributed by atoms with E-state index < -0.39 is 0 Å². The summed E-state index contributed by atoms with van der Waals surface area (Å²) in [5, 5.41) is 0. The second kappa shape index (κ2) is 19.5. The molecule has 0 bridgehead atoms. The zero-order chi connectivity index (χ0) is 41.0. The third kappa shape index (κ3) is 8.16. The minimum absolute atomic E-state index is 1.09. The molecule has 62 heavy (non-hydrogen) atoms. The lowest BCUT2D eigenvalue weighted by molar-refractivity contribution is -0.150. The summed E-state index contributed by atoms with van der Waals surface area (Å²) in [5.41, 5.74) is 0. The Balaban J connectivity index is 0.876. The molecule has 0 spiro atoms. The van der Waals surface area contributed by atoms with Crippen LogP contribution in [0, 0.1) is 130 Å². The summed E-state index contributed by atoms with van der Waals surface area (Å²) in [5.74, 6) is 24.6. The van der Waals surface area contributed by atoms with Crippen LogP contribution >= 0.6 is 0 Å². The number of hydrogen-bond donors (Lipinski definition) is 0. The lowest BCUT2D eigenvalue weighted by atomic mass is 9.41. The van der Waals surface area contributed by atoms with Crippen molar-refractivity contribution >= 4 is 0 Å². The predicted molar refractivity (Wildman–Crippen MR) is 261 cm³/mol. The molecule has 0 radical (unpaired) electrons. The molecule has 0 aromatic heterocycles. The standard InChI is InChI=1S/C62H102/c1-2-6-22-43(21-5-1)59-51-29-13-15-31-53(51)61(49-33-17-25-41-19-7-4-10-27-47(41)49)57-39-45(35-37-55(57)59)46-36-38-56-58(40-46)62(50-34-18-26-42-20-11-12-28-48(42)50)54-32-16-14-30-52(54)60(56)44-23-8-3-9-24-44/h41-62H,1-40H2/t41-,42?,45?,46+,47?,48?,49?,50+,51+,52?,53?,54-,55-,56-,57?,58?,59?,60+,61-,62?/m1/s1. The first kappa shape index (κ1) is 43.3. The van der Waals surface area contributed by atoms with Gasteiger partial charge in [-0.3, -0.25) is 0 Å². The molecule has 350 valence electrons. The minimum Gasteiger partial charge on any atom is -0.0533 e. The molecule has 0 saturated heterocycles. The fraction of sp³-hybridized carbons (Fsp3) is 1.00. The summed E-state index contributed by atoms with van der Waals surface area (Å²) in [7, 11) is 0. The van der Waals surface area contributed by atoms with Crippen LogP contribution < -0.4 is 0 Å². The first-order chi connectivity index (χ1) is 30.8. The summed E-state index contributed by atoms with van der Waals surface area (Å²) < 4.78 is 0. The molecule has 0 nitrogen and oxygen atoms in total. The van der Waals surface area contributed by atoms with Gasteiger partial charge in [-0.05, 0) is 220 Å². The highest BCUT2D eigenvalue weighted by Crippen LogP contribution is 2.68. The van der Waals surface area contributed by atoms with E-state index in [-0.39, 0.29) is 0 Å². The van der Waals surface area contributed by atoms with Gasteiger partial charge in [-0.2, -0.15) is 0 Å². The van der Waals surface area contributed by atoms with Gasteiger partial charge in [-0.15, -0.1) is 0 Å². The van der Waals surface area contributed by atoms with Crippen molar-refractivity contribution in [2.75, 3.05) is 0 Å². The van der Waals surface area contributed by atoms with Gasteiger partial charge in [0.05, 0.1) is 0 Å². The number of hydrogen-bond acceptors (Lipinski definition) is 0. The fourth-order valence-corrected chi connectivity index (χ4v) is 23.8. The Morgan fingerprint density at radius 3 is 0.823 bits per heavy atom. The van der Waals surface area contributed by atoms with Crippen molar-refractivity contribution in [1.29, 1.82) is 0 Å². The quantitative estimate of drug-likeness (QED) is 0.242. The minimum atomic E-state index is 1.09. The molecule has 12 saturated carbocycles. The van der Waals surface area contributed by atoms with Crippen LogP contribution in [0.5, 0.6) is 0 Å². The first-order valence-electron chi connectivity index (χ1n) is 30.8. The normalized spacial score (nSPS) is 52.1. The highest BCUT2D eigenvalue weighted by Gasteiger charge is 2.60. The topological polar surface area (TPSA) is 0 Å². The van der Waals surface area contributed by atoms with Gasteiger partial charge in [-0.1, -0.05) is 167 Å². The van der Waals surface area contributed by atoms with E-state index in [9.17, 15) is 0 Å². The molecule has 0 aromatic carbocycles. The van der Waals surface area contributed by atoms with Crippen molar-refractivity contribution < 1.29 is 0 Å². The molecule has 0 amide bonds. The van der Waals surface area contributed by atoms with E-state index in [1.54, 1.807) is 257 Å². The van der Waals surface area contributed by atoms with E-state index in [4.69, 9.17) is 0 Å². The summed E-state index contributed by atoms with van der Waals surface area (Å²) in [6, 6.07) is 0. The van der Waals surface area contributed by atoms with E-state index in [2.05, 4.69) is 0 Å². The van der Waals surface area contributed by atoms with Gasteiger partial charge in [0.2, 0.25) is 0 Å². The van der Waals surface area contributed by atoms with Crippen molar-refractivity contribution in [3.05, 3.63) is 0 Å². The van der Waals surface area contributed by atoms with Crippen LogP contribution in [0.15, 0.2) is 0 Å². The zero-order valence-electron chi connectivity index (χ0n) is 41.0. The Bertz CT molecular complexity index is 1410. The van der Waals surface area contributed by atoms with Crippen molar-refractivity contribution in [2.45, 2.75) is 257 Å². The Kier molecular flexibility index (Phi) is 13.6. The van der Waals surface area contributed by atoms with E-state index >= 15 is 0 Å². The lowest BCUT2D eigenvalue weighted by Crippen LogP contribution is -2.57. The molecule has 0 aliphatic heterocycles. The molecule has 12 aliphatic carbocycles. The highest BCUT2D eigenvalue weighted by molar-refractivity contribution is 5.09. The Labute approximate surface area is 385 Å². The van der Waals surface area contributed by atoms with Gasteiger partial charge in [0, 0.05) is 0 Å². The molecule has 12 fully saturated rings.